The molecule has 0 aromatic heterocycles. The number of ether oxygens (including phenoxy) is 1. The molecule has 2 aromatic rings. The predicted molar refractivity (Wildman–Crippen MR) is 83.2 cm³/mol. The molecule has 0 spiro atoms. The first kappa shape index (κ1) is 14.0. The van der Waals surface area contributed by atoms with Gasteiger partial charge in [0.25, 0.3) is 0 Å². The lowest BCUT2D eigenvalue weighted by atomic mass is 10.0. The third kappa shape index (κ3) is 3.03. The van der Waals surface area contributed by atoms with E-state index in [2.05, 4.69) is 0 Å². The van der Waals surface area contributed by atoms with Crippen LogP contribution in [-0.4, -0.2) is 23.6 Å². The largest absolute Gasteiger partial charge is 0.444 e. The lowest BCUT2D eigenvalue weighted by molar-refractivity contribution is 0.137. The molecular weight excluding hydrogens is 286 g/mol. The Morgan fingerprint density at radius 1 is 1.19 bits per heavy atom. The minimum Gasteiger partial charge on any atom is -0.444 e. The Bertz CT molecular complexity index is 654. The van der Waals surface area contributed by atoms with Gasteiger partial charge in [-0.1, -0.05) is 54.1 Å². The number of cyclic esters (lactones) is 1. The number of hydrogen-bond donors (Lipinski definition) is 0. The van der Waals surface area contributed by atoms with Crippen molar-refractivity contribution < 1.29 is 9.53 Å². The molecule has 1 aliphatic heterocycles. The predicted octanol–water partition coefficient (Wildman–Crippen LogP) is 4.35. The minimum absolute atomic E-state index is 0.0279. The third-order valence-corrected chi connectivity index (χ3v) is 3.88. The summed E-state index contributed by atoms with van der Waals surface area (Å²) in [5.74, 6) is 0. The second-order valence-corrected chi connectivity index (χ2v) is 5.66. The monoisotopic (exact) mass is 301 g/mol. The van der Waals surface area contributed by atoms with Crippen LogP contribution in [0, 0.1) is 0 Å². The number of halogens is 1. The summed E-state index contributed by atoms with van der Waals surface area (Å²) < 4.78 is 5.12. The van der Waals surface area contributed by atoms with E-state index < -0.39 is 0 Å². The van der Waals surface area contributed by atoms with Crippen molar-refractivity contribution in [1.29, 1.82) is 0 Å². The Balaban J connectivity index is 1.76. The van der Waals surface area contributed by atoms with Crippen LogP contribution in [0.3, 0.4) is 0 Å². The zero-order valence-corrected chi connectivity index (χ0v) is 12.5. The van der Waals surface area contributed by atoms with Gasteiger partial charge in [-0.15, -0.1) is 0 Å². The smallest absolute Gasteiger partial charge is 0.410 e. The van der Waals surface area contributed by atoms with Crippen LogP contribution in [-0.2, 0) is 11.3 Å². The van der Waals surface area contributed by atoms with Crippen LogP contribution >= 0.6 is 11.6 Å². The molecule has 1 saturated heterocycles. The highest BCUT2D eigenvalue weighted by atomic mass is 35.5. The van der Waals surface area contributed by atoms with Gasteiger partial charge in [0.05, 0.1) is 6.54 Å². The van der Waals surface area contributed by atoms with Gasteiger partial charge in [0, 0.05) is 17.1 Å². The number of nitrogens with zero attached hydrogens (tertiary/aromatic N) is 1. The van der Waals surface area contributed by atoms with E-state index in [1.165, 1.54) is 0 Å². The molecule has 0 aliphatic carbocycles. The van der Waals surface area contributed by atoms with Gasteiger partial charge in [-0.3, -0.25) is 0 Å². The van der Waals surface area contributed by atoms with Crippen LogP contribution in [0.15, 0.2) is 48.5 Å². The van der Waals surface area contributed by atoms with Gasteiger partial charge in [-0.2, -0.15) is 0 Å². The average Bonchev–Trinajstić information content (AvgIpc) is 2.78. The summed E-state index contributed by atoms with van der Waals surface area (Å²) in [6, 6.07) is 15.9. The SMILES string of the molecule is C[C@@H]1CN(Cc2ccc(-c3ccccc3Cl)cc2)C(=O)O1. The first-order chi connectivity index (χ1) is 10.1. The van der Waals surface area contributed by atoms with E-state index in [9.17, 15) is 4.79 Å². The summed E-state index contributed by atoms with van der Waals surface area (Å²) in [7, 11) is 0. The highest BCUT2D eigenvalue weighted by Crippen LogP contribution is 2.28. The van der Waals surface area contributed by atoms with Crippen molar-refractivity contribution in [2.45, 2.75) is 19.6 Å². The summed E-state index contributed by atoms with van der Waals surface area (Å²) in [5.41, 5.74) is 3.17. The van der Waals surface area contributed by atoms with Crippen LogP contribution in [0.2, 0.25) is 5.02 Å². The first-order valence-corrected chi connectivity index (χ1v) is 7.30. The Kier molecular flexibility index (Phi) is 3.84. The van der Waals surface area contributed by atoms with E-state index in [4.69, 9.17) is 16.3 Å². The highest BCUT2D eigenvalue weighted by molar-refractivity contribution is 6.33. The number of carbonyl (C=O) groups excluding carboxylic acids is 1. The lowest BCUT2D eigenvalue weighted by Gasteiger charge is -2.13. The number of carbonyl (C=O) groups is 1. The van der Waals surface area contributed by atoms with Crippen molar-refractivity contribution in [3.8, 4) is 11.1 Å². The second-order valence-electron chi connectivity index (χ2n) is 5.25. The summed E-state index contributed by atoms with van der Waals surface area (Å²) in [6.45, 7) is 3.12. The van der Waals surface area contributed by atoms with Gasteiger partial charge in [-0.25, -0.2) is 4.79 Å². The number of hydrogen-bond acceptors (Lipinski definition) is 2. The van der Waals surface area contributed by atoms with Crippen LogP contribution in [0.4, 0.5) is 4.79 Å². The molecule has 0 N–H and O–H groups in total. The summed E-state index contributed by atoms with van der Waals surface area (Å²) >= 11 is 6.20. The standard InChI is InChI=1S/C17H16ClNO2/c1-12-10-19(17(20)21-12)11-13-6-8-14(9-7-13)15-4-2-3-5-16(15)18/h2-9,12H,10-11H2,1H3/t12-/m1/s1. The van der Waals surface area contributed by atoms with Crippen molar-refractivity contribution in [3.05, 3.63) is 59.1 Å². The van der Waals surface area contributed by atoms with Crippen molar-refractivity contribution in [2.75, 3.05) is 6.54 Å². The molecule has 3 rings (SSSR count). The van der Waals surface area contributed by atoms with E-state index in [0.717, 1.165) is 21.7 Å². The molecule has 0 unspecified atom stereocenters. The van der Waals surface area contributed by atoms with Crippen LogP contribution in [0.5, 0.6) is 0 Å². The molecule has 21 heavy (non-hydrogen) atoms. The van der Waals surface area contributed by atoms with Gasteiger partial charge >= 0.3 is 6.09 Å². The summed E-state index contributed by atoms with van der Waals surface area (Å²) in [5, 5.41) is 0.738. The fourth-order valence-corrected chi connectivity index (χ4v) is 2.75. The highest BCUT2D eigenvalue weighted by Gasteiger charge is 2.27. The molecule has 1 atom stereocenters. The van der Waals surface area contributed by atoms with Gasteiger partial charge in [0.2, 0.25) is 0 Å². The Hall–Kier alpha value is -2.00. The number of rotatable bonds is 3. The maximum Gasteiger partial charge on any atom is 0.410 e. The van der Waals surface area contributed by atoms with E-state index in [1.807, 2.05) is 55.5 Å². The van der Waals surface area contributed by atoms with Crippen molar-refractivity contribution in [3.63, 3.8) is 0 Å². The quantitative estimate of drug-likeness (QED) is 0.843. The van der Waals surface area contributed by atoms with E-state index in [0.29, 0.717) is 13.1 Å². The third-order valence-electron chi connectivity index (χ3n) is 3.55. The van der Waals surface area contributed by atoms with Gasteiger partial charge < -0.3 is 9.64 Å². The van der Waals surface area contributed by atoms with Gasteiger partial charge in [-0.05, 0) is 24.1 Å². The van der Waals surface area contributed by atoms with Crippen molar-refractivity contribution >= 4 is 17.7 Å². The fourth-order valence-electron chi connectivity index (χ4n) is 2.50. The molecule has 4 heteroatoms. The molecule has 108 valence electrons. The first-order valence-electron chi connectivity index (χ1n) is 6.93. The zero-order chi connectivity index (χ0) is 14.8. The molecule has 0 radical (unpaired) electrons. The summed E-state index contributed by atoms with van der Waals surface area (Å²) in [6.07, 6.45) is -0.266. The Labute approximate surface area is 129 Å². The normalized spacial score (nSPS) is 17.9. The molecule has 1 amide bonds. The Morgan fingerprint density at radius 3 is 2.52 bits per heavy atom. The van der Waals surface area contributed by atoms with E-state index in [-0.39, 0.29) is 12.2 Å². The molecule has 1 heterocycles. The molecule has 1 fully saturated rings. The lowest BCUT2D eigenvalue weighted by Crippen LogP contribution is -2.24. The topological polar surface area (TPSA) is 29.5 Å². The molecule has 0 bridgehead atoms. The molecule has 0 saturated carbocycles. The van der Waals surface area contributed by atoms with Gasteiger partial charge in [0.15, 0.2) is 0 Å². The van der Waals surface area contributed by atoms with Crippen LogP contribution in [0.1, 0.15) is 12.5 Å². The van der Waals surface area contributed by atoms with Crippen LogP contribution < -0.4 is 0 Å². The Morgan fingerprint density at radius 2 is 1.90 bits per heavy atom. The number of benzene rings is 2. The van der Waals surface area contributed by atoms with E-state index >= 15 is 0 Å². The van der Waals surface area contributed by atoms with Crippen LogP contribution in [0.25, 0.3) is 11.1 Å². The molecular formula is C17H16ClNO2. The van der Waals surface area contributed by atoms with E-state index in [1.54, 1.807) is 4.90 Å². The van der Waals surface area contributed by atoms with Crippen molar-refractivity contribution in [1.82, 2.24) is 4.90 Å². The average molecular weight is 302 g/mol. The number of amides is 1. The molecule has 2 aromatic carbocycles. The minimum atomic E-state index is -0.238. The molecule has 3 nitrogen and oxygen atoms in total. The molecule has 1 aliphatic rings. The zero-order valence-electron chi connectivity index (χ0n) is 11.8. The maximum absolute atomic E-state index is 11.6. The van der Waals surface area contributed by atoms with Gasteiger partial charge in [0.1, 0.15) is 6.10 Å². The summed E-state index contributed by atoms with van der Waals surface area (Å²) in [4.78, 5) is 13.3. The second kappa shape index (κ2) is 5.78. The maximum atomic E-state index is 11.6. The van der Waals surface area contributed by atoms with Crippen molar-refractivity contribution in [2.24, 2.45) is 0 Å². The fraction of sp³-hybridized carbons (Fsp3) is 0.235.